The molecule has 0 saturated carbocycles. The van der Waals surface area contributed by atoms with E-state index in [0.29, 0.717) is 5.02 Å². The van der Waals surface area contributed by atoms with Gasteiger partial charge >= 0.3 is 117 Å². The third-order valence-corrected chi connectivity index (χ3v) is 4.97. The van der Waals surface area contributed by atoms with Crippen LogP contribution in [0.2, 0.25) is 5.02 Å². The Morgan fingerprint density at radius 3 is 2.44 bits per heavy atom. The van der Waals surface area contributed by atoms with Gasteiger partial charge in [0.2, 0.25) is 0 Å². The van der Waals surface area contributed by atoms with Gasteiger partial charge in [-0.1, -0.05) is 0 Å². The number of rotatable bonds is 4. The normalized spacial score (nSPS) is 10.3. The van der Waals surface area contributed by atoms with Crippen LogP contribution in [-0.4, -0.2) is 26.0 Å². The van der Waals surface area contributed by atoms with Crippen molar-refractivity contribution in [3.05, 3.63) is 59.1 Å². The van der Waals surface area contributed by atoms with Crippen LogP contribution < -0.4 is 8.92 Å². The van der Waals surface area contributed by atoms with E-state index in [1.54, 1.807) is 0 Å². The van der Waals surface area contributed by atoms with E-state index in [1.807, 2.05) is 48.5 Å². The summed E-state index contributed by atoms with van der Waals surface area (Å²) < 4.78 is 2.29. The number of hydrogen-bond acceptors (Lipinski definition) is 1. The fourth-order valence-corrected chi connectivity index (χ4v) is 3.65. The fraction of sp³-hybridized carbons (Fsp3) is 0.0714. The predicted molar refractivity (Wildman–Crippen MR) is 74.3 cm³/mol. The summed E-state index contributed by atoms with van der Waals surface area (Å²) in [5.74, 6) is -0.797. The Morgan fingerprint density at radius 1 is 1.11 bits per heavy atom. The van der Waals surface area contributed by atoms with Crippen LogP contribution >= 0.6 is 11.6 Å². The molecule has 1 N–H and O–H groups in total. The van der Waals surface area contributed by atoms with Crippen LogP contribution in [0.4, 0.5) is 0 Å². The first kappa shape index (κ1) is 13.2. The Morgan fingerprint density at radius 2 is 1.78 bits per heavy atom. The van der Waals surface area contributed by atoms with Crippen molar-refractivity contribution >= 4 is 41.5 Å². The fourth-order valence-electron chi connectivity index (χ4n) is 1.54. The van der Waals surface area contributed by atoms with Gasteiger partial charge in [0.25, 0.3) is 0 Å². The molecule has 0 saturated heterocycles. The molecule has 18 heavy (non-hydrogen) atoms. The van der Waals surface area contributed by atoms with Gasteiger partial charge in [-0.25, -0.2) is 0 Å². The molecule has 0 bridgehead atoms. The molecule has 0 aliphatic heterocycles. The van der Waals surface area contributed by atoms with Gasteiger partial charge < -0.3 is 0 Å². The van der Waals surface area contributed by atoms with E-state index >= 15 is 0 Å². The summed E-state index contributed by atoms with van der Waals surface area (Å²) in [7, 11) is 0. The van der Waals surface area contributed by atoms with Gasteiger partial charge in [0.15, 0.2) is 0 Å². The van der Waals surface area contributed by atoms with E-state index < -0.39 is 5.97 Å². The molecular weight excluding hydrogens is 315 g/mol. The van der Waals surface area contributed by atoms with Crippen LogP contribution in [0, 0.1) is 0 Å². The molecule has 2 nitrogen and oxygen atoms in total. The third kappa shape index (κ3) is 3.61. The van der Waals surface area contributed by atoms with Gasteiger partial charge in [-0.15, -0.1) is 0 Å². The summed E-state index contributed by atoms with van der Waals surface area (Å²) in [6, 6.07) is 15.4. The van der Waals surface area contributed by atoms with Crippen molar-refractivity contribution in [2.75, 3.05) is 0 Å². The van der Waals surface area contributed by atoms with Gasteiger partial charge in [-0.05, 0) is 0 Å². The Balaban J connectivity index is 2.23. The molecular formula is C14H11ClO2Se. The molecule has 0 amide bonds. The topological polar surface area (TPSA) is 37.3 Å². The summed E-state index contributed by atoms with van der Waals surface area (Å²) in [5, 5.41) is 9.60. The maximum atomic E-state index is 10.8. The molecule has 0 radical (unpaired) electrons. The zero-order chi connectivity index (χ0) is 13.0. The second-order valence-corrected chi connectivity index (χ2v) is 6.51. The van der Waals surface area contributed by atoms with Crippen molar-refractivity contribution in [3.8, 4) is 0 Å². The average Bonchev–Trinajstić information content (AvgIpc) is 2.34. The van der Waals surface area contributed by atoms with Gasteiger partial charge in [-0.2, -0.15) is 0 Å². The third-order valence-electron chi connectivity index (χ3n) is 2.36. The van der Waals surface area contributed by atoms with Crippen LogP contribution in [0.3, 0.4) is 0 Å². The molecule has 0 atom stereocenters. The molecule has 0 aliphatic carbocycles. The first-order chi connectivity index (χ1) is 8.65. The van der Waals surface area contributed by atoms with Crippen LogP contribution in [-0.2, 0) is 11.2 Å². The Kier molecular flexibility index (Phi) is 4.43. The number of carbonyl (C=O) groups is 1. The maximum absolute atomic E-state index is 10.8. The van der Waals surface area contributed by atoms with Crippen molar-refractivity contribution in [2.45, 2.75) is 6.42 Å². The van der Waals surface area contributed by atoms with E-state index in [1.165, 1.54) is 4.46 Å². The minimum atomic E-state index is -0.797. The summed E-state index contributed by atoms with van der Waals surface area (Å²) in [6.07, 6.45) is 0.0749. The Labute approximate surface area is 117 Å². The van der Waals surface area contributed by atoms with Crippen molar-refractivity contribution in [1.29, 1.82) is 0 Å². The van der Waals surface area contributed by atoms with Crippen molar-refractivity contribution in [2.24, 2.45) is 0 Å². The molecule has 0 fully saturated rings. The van der Waals surface area contributed by atoms with Crippen LogP contribution in [0.1, 0.15) is 5.56 Å². The van der Waals surface area contributed by atoms with Crippen molar-refractivity contribution in [3.63, 3.8) is 0 Å². The van der Waals surface area contributed by atoms with Crippen LogP contribution in [0.5, 0.6) is 0 Å². The summed E-state index contributed by atoms with van der Waals surface area (Å²) in [6.45, 7) is 0. The average molecular weight is 326 g/mol. The number of halogens is 1. The second kappa shape index (κ2) is 6.05. The van der Waals surface area contributed by atoms with Crippen molar-refractivity contribution < 1.29 is 9.90 Å². The standard InChI is InChI=1S/C14H11ClO2Se/c15-11-5-7-12(8-6-11)18-13-4-2-1-3-10(13)9-14(16)17/h1-8H,9H2,(H,16,17). The van der Waals surface area contributed by atoms with Crippen LogP contribution in [0.15, 0.2) is 48.5 Å². The number of benzene rings is 2. The summed E-state index contributed by atoms with van der Waals surface area (Å²) in [4.78, 5) is 10.8. The molecule has 0 aliphatic rings. The van der Waals surface area contributed by atoms with E-state index in [4.69, 9.17) is 16.7 Å². The zero-order valence-electron chi connectivity index (χ0n) is 9.47. The minimum absolute atomic E-state index is 0.0749. The van der Waals surface area contributed by atoms with Crippen molar-refractivity contribution in [1.82, 2.24) is 0 Å². The molecule has 92 valence electrons. The molecule has 2 aromatic carbocycles. The Bertz CT molecular complexity index is 552. The number of carboxylic acid groups (broad SMARTS) is 1. The molecule has 0 spiro atoms. The summed E-state index contributed by atoms with van der Waals surface area (Å²) in [5.41, 5.74) is 0.889. The monoisotopic (exact) mass is 326 g/mol. The molecule has 0 heterocycles. The predicted octanol–water partition coefficient (Wildman–Crippen LogP) is 1.62. The van der Waals surface area contributed by atoms with E-state index in [-0.39, 0.29) is 21.4 Å². The quantitative estimate of drug-likeness (QED) is 0.868. The molecule has 0 unspecified atom stereocenters. The molecule has 4 heteroatoms. The van der Waals surface area contributed by atoms with Crippen LogP contribution in [0.25, 0.3) is 0 Å². The van der Waals surface area contributed by atoms with E-state index in [0.717, 1.165) is 10.0 Å². The SMILES string of the molecule is O=C(O)Cc1ccccc1[Se]c1ccc(Cl)cc1. The Hall–Kier alpha value is -1.28. The van der Waals surface area contributed by atoms with E-state index in [2.05, 4.69) is 0 Å². The van der Waals surface area contributed by atoms with Gasteiger partial charge in [-0.3, -0.25) is 0 Å². The van der Waals surface area contributed by atoms with E-state index in [9.17, 15) is 4.79 Å². The zero-order valence-corrected chi connectivity index (χ0v) is 11.9. The molecule has 2 rings (SSSR count). The summed E-state index contributed by atoms with van der Waals surface area (Å²) >= 11 is 5.95. The molecule has 0 aromatic heterocycles. The van der Waals surface area contributed by atoms with Gasteiger partial charge in [0.05, 0.1) is 0 Å². The second-order valence-electron chi connectivity index (χ2n) is 3.73. The number of hydrogen-bond donors (Lipinski definition) is 1. The first-order valence-corrected chi connectivity index (χ1v) is 7.47. The van der Waals surface area contributed by atoms with Gasteiger partial charge in [0, 0.05) is 0 Å². The number of carboxylic acids is 1. The molecule has 2 aromatic rings. The number of aliphatic carboxylic acids is 1. The first-order valence-electron chi connectivity index (χ1n) is 5.38. The van der Waals surface area contributed by atoms with Gasteiger partial charge in [0.1, 0.15) is 0 Å².